The van der Waals surface area contributed by atoms with E-state index in [4.69, 9.17) is 4.74 Å². The molecule has 0 aliphatic carbocycles. The molecule has 1 atom stereocenters. The van der Waals surface area contributed by atoms with Crippen molar-refractivity contribution in [1.82, 2.24) is 0 Å². The van der Waals surface area contributed by atoms with E-state index in [1.807, 2.05) is 0 Å². The highest BCUT2D eigenvalue weighted by molar-refractivity contribution is 4.51. The Morgan fingerprint density at radius 2 is 0.767 bits per heavy atom. The molecule has 2 heteroatoms. The molecule has 182 valence electrons. The summed E-state index contributed by atoms with van der Waals surface area (Å²) in [4.78, 5) is 0. The third-order valence-corrected chi connectivity index (χ3v) is 6.52. The van der Waals surface area contributed by atoms with E-state index in [0.29, 0.717) is 6.23 Å². The molecule has 0 radical (unpaired) electrons. The van der Waals surface area contributed by atoms with Gasteiger partial charge < -0.3 is 9.22 Å². The van der Waals surface area contributed by atoms with Gasteiger partial charge in [0.1, 0.15) is 0 Å². The lowest BCUT2D eigenvalue weighted by Crippen LogP contribution is -2.46. The SMILES string of the molecule is CCCCCCCCCCCCCCCCCCCCCCOC(CC)[N+](C)(C)C. The van der Waals surface area contributed by atoms with Crippen LogP contribution in [0.5, 0.6) is 0 Å². The molecule has 0 saturated carbocycles. The second-order valence-corrected chi connectivity index (χ2v) is 10.6. The van der Waals surface area contributed by atoms with Crippen molar-refractivity contribution in [1.29, 1.82) is 0 Å². The topological polar surface area (TPSA) is 9.23 Å². The van der Waals surface area contributed by atoms with Crippen molar-refractivity contribution in [2.75, 3.05) is 27.7 Å². The summed E-state index contributed by atoms with van der Waals surface area (Å²) in [5.41, 5.74) is 0. The molecule has 0 fully saturated rings. The lowest BCUT2D eigenvalue weighted by atomic mass is 10.0. The second-order valence-electron chi connectivity index (χ2n) is 10.6. The van der Waals surface area contributed by atoms with Gasteiger partial charge in [-0.25, -0.2) is 0 Å². The third-order valence-electron chi connectivity index (χ3n) is 6.52. The first-order valence-electron chi connectivity index (χ1n) is 13.9. The van der Waals surface area contributed by atoms with Gasteiger partial charge in [0, 0.05) is 6.42 Å². The molecule has 0 aliphatic heterocycles. The van der Waals surface area contributed by atoms with Crippen molar-refractivity contribution in [3.8, 4) is 0 Å². The number of ether oxygens (including phenoxy) is 1. The van der Waals surface area contributed by atoms with Crippen molar-refractivity contribution in [2.45, 2.75) is 155 Å². The molecule has 1 unspecified atom stereocenters. The molecule has 0 N–H and O–H groups in total. The number of quaternary nitrogens is 1. The fraction of sp³-hybridized carbons (Fsp3) is 1.00. The van der Waals surface area contributed by atoms with E-state index < -0.39 is 0 Å². The van der Waals surface area contributed by atoms with Gasteiger partial charge in [0.05, 0.1) is 27.7 Å². The third kappa shape index (κ3) is 21.2. The average molecular weight is 427 g/mol. The minimum Gasteiger partial charge on any atom is -0.329 e. The van der Waals surface area contributed by atoms with Crippen LogP contribution >= 0.6 is 0 Å². The molecule has 0 aliphatic rings. The Morgan fingerprint density at radius 3 is 1.03 bits per heavy atom. The summed E-state index contributed by atoms with van der Waals surface area (Å²) in [6.45, 7) is 5.47. The zero-order valence-electron chi connectivity index (χ0n) is 22.0. The summed E-state index contributed by atoms with van der Waals surface area (Å²) in [5.74, 6) is 0. The van der Waals surface area contributed by atoms with Crippen LogP contribution in [0, 0.1) is 0 Å². The van der Waals surface area contributed by atoms with Crippen LogP contribution < -0.4 is 0 Å². The van der Waals surface area contributed by atoms with E-state index in [2.05, 4.69) is 35.0 Å². The highest BCUT2D eigenvalue weighted by Gasteiger charge is 2.21. The standard InChI is InChI=1S/C28H60NO/c1-6-8-9-10-11-12-13-14-15-16-17-18-19-20-21-22-23-24-25-26-27-30-28(7-2)29(3,4)5/h28H,6-27H2,1-5H3/q+1. The fourth-order valence-electron chi connectivity index (χ4n) is 4.47. The smallest absolute Gasteiger partial charge is 0.192 e. The summed E-state index contributed by atoms with van der Waals surface area (Å²) in [7, 11) is 6.68. The van der Waals surface area contributed by atoms with Crippen molar-refractivity contribution in [3.63, 3.8) is 0 Å². The van der Waals surface area contributed by atoms with Crippen molar-refractivity contribution in [2.24, 2.45) is 0 Å². The predicted molar refractivity (Wildman–Crippen MR) is 136 cm³/mol. The molecule has 0 bridgehead atoms. The Balaban J connectivity index is 3.15. The second kappa shape index (κ2) is 22.1. The molecule has 2 nitrogen and oxygen atoms in total. The Kier molecular flexibility index (Phi) is 22.1. The molecule has 0 aromatic heterocycles. The predicted octanol–water partition coefficient (Wildman–Crippen LogP) is 9.27. The van der Waals surface area contributed by atoms with Gasteiger partial charge in [-0.1, -0.05) is 136 Å². The lowest BCUT2D eigenvalue weighted by molar-refractivity contribution is -0.920. The van der Waals surface area contributed by atoms with Crippen LogP contribution in [0.15, 0.2) is 0 Å². The zero-order chi connectivity index (χ0) is 22.3. The summed E-state index contributed by atoms with van der Waals surface area (Å²) in [6.07, 6.45) is 30.2. The van der Waals surface area contributed by atoms with E-state index >= 15 is 0 Å². The molecule has 0 rings (SSSR count). The number of hydrogen-bond donors (Lipinski definition) is 0. The van der Waals surface area contributed by atoms with E-state index in [0.717, 1.165) is 17.5 Å². The molecule has 0 spiro atoms. The maximum absolute atomic E-state index is 6.06. The minimum absolute atomic E-state index is 0.352. The monoisotopic (exact) mass is 426 g/mol. The van der Waals surface area contributed by atoms with Gasteiger partial charge >= 0.3 is 0 Å². The van der Waals surface area contributed by atoms with Gasteiger partial charge in [-0.05, 0) is 6.42 Å². The van der Waals surface area contributed by atoms with Crippen LogP contribution in [0.4, 0.5) is 0 Å². The van der Waals surface area contributed by atoms with Gasteiger partial charge in [-0.3, -0.25) is 0 Å². The van der Waals surface area contributed by atoms with Crippen LogP contribution in [-0.4, -0.2) is 38.5 Å². The zero-order valence-corrected chi connectivity index (χ0v) is 22.0. The van der Waals surface area contributed by atoms with Crippen LogP contribution in [0.1, 0.15) is 149 Å². The summed E-state index contributed by atoms with van der Waals surface area (Å²) >= 11 is 0. The maximum atomic E-state index is 6.06. The lowest BCUT2D eigenvalue weighted by Gasteiger charge is -2.33. The summed E-state index contributed by atoms with van der Waals surface area (Å²) in [6, 6.07) is 0. The summed E-state index contributed by atoms with van der Waals surface area (Å²) < 4.78 is 6.98. The van der Waals surface area contributed by atoms with Crippen LogP contribution in [0.2, 0.25) is 0 Å². The van der Waals surface area contributed by atoms with E-state index in [-0.39, 0.29) is 0 Å². The Morgan fingerprint density at radius 1 is 0.467 bits per heavy atom. The molecule has 0 amide bonds. The van der Waals surface area contributed by atoms with Crippen molar-refractivity contribution >= 4 is 0 Å². The van der Waals surface area contributed by atoms with Crippen LogP contribution in [0.3, 0.4) is 0 Å². The number of hydrogen-bond acceptors (Lipinski definition) is 1. The van der Waals surface area contributed by atoms with Gasteiger partial charge in [0.25, 0.3) is 0 Å². The first-order valence-corrected chi connectivity index (χ1v) is 13.9. The average Bonchev–Trinajstić information content (AvgIpc) is 2.71. The number of nitrogens with zero attached hydrogens (tertiary/aromatic N) is 1. The number of unbranched alkanes of at least 4 members (excludes halogenated alkanes) is 19. The minimum atomic E-state index is 0.352. The molecule has 0 saturated heterocycles. The largest absolute Gasteiger partial charge is 0.329 e. The molecule has 30 heavy (non-hydrogen) atoms. The van der Waals surface area contributed by atoms with E-state index in [1.165, 1.54) is 128 Å². The fourth-order valence-corrected chi connectivity index (χ4v) is 4.47. The molecule has 0 aromatic carbocycles. The molecule has 0 heterocycles. The first kappa shape index (κ1) is 29.9. The van der Waals surface area contributed by atoms with Gasteiger partial charge in [-0.2, -0.15) is 0 Å². The summed E-state index contributed by atoms with van der Waals surface area (Å²) in [5, 5.41) is 0. The van der Waals surface area contributed by atoms with Gasteiger partial charge in [-0.15, -0.1) is 0 Å². The highest BCUT2D eigenvalue weighted by Crippen LogP contribution is 2.15. The van der Waals surface area contributed by atoms with Gasteiger partial charge in [0.2, 0.25) is 0 Å². The maximum Gasteiger partial charge on any atom is 0.192 e. The first-order chi connectivity index (χ1) is 14.5. The highest BCUT2D eigenvalue weighted by atomic mass is 16.5. The van der Waals surface area contributed by atoms with Crippen molar-refractivity contribution in [3.05, 3.63) is 0 Å². The Labute approximate surface area is 192 Å². The van der Waals surface area contributed by atoms with E-state index in [9.17, 15) is 0 Å². The molecular weight excluding hydrogens is 366 g/mol. The van der Waals surface area contributed by atoms with Crippen LogP contribution in [-0.2, 0) is 4.74 Å². The Bertz CT molecular complexity index is 323. The molecular formula is C28H60NO+. The van der Waals surface area contributed by atoms with Crippen molar-refractivity contribution < 1.29 is 9.22 Å². The normalized spacial score (nSPS) is 13.1. The molecule has 0 aromatic rings. The number of rotatable bonds is 24. The Hall–Kier alpha value is -0.0800. The van der Waals surface area contributed by atoms with E-state index in [1.54, 1.807) is 0 Å². The van der Waals surface area contributed by atoms with Gasteiger partial charge in [0.15, 0.2) is 6.23 Å². The van der Waals surface area contributed by atoms with Crippen LogP contribution in [0.25, 0.3) is 0 Å². The quantitative estimate of drug-likeness (QED) is 0.0848.